The molecule has 4 heteroatoms. The number of ether oxygens (including phenoxy) is 1. The van der Waals surface area contributed by atoms with Gasteiger partial charge in [0.2, 0.25) is 0 Å². The molecule has 4 nitrogen and oxygen atoms in total. The Hall–Kier alpha value is -0.610. The van der Waals surface area contributed by atoms with E-state index in [2.05, 4.69) is 31.0 Å². The average molecular weight is 270 g/mol. The van der Waals surface area contributed by atoms with Crippen LogP contribution in [0.25, 0.3) is 0 Å². The summed E-state index contributed by atoms with van der Waals surface area (Å²) in [6, 6.07) is 0.384. The van der Waals surface area contributed by atoms with Crippen molar-refractivity contribution in [1.29, 1.82) is 0 Å². The van der Waals surface area contributed by atoms with Gasteiger partial charge in [0.15, 0.2) is 0 Å². The first-order valence-corrected chi connectivity index (χ1v) is 7.44. The number of nitrogens with one attached hydrogen (secondary N) is 1. The van der Waals surface area contributed by atoms with Gasteiger partial charge < -0.3 is 15.0 Å². The first-order valence-electron chi connectivity index (χ1n) is 7.44. The number of likely N-dealkylation sites (N-methyl/N-ethyl adjacent to an activating group) is 1. The third kappa shape index (κ3) is 3.93. The van der Waals surface area contributed by atoms with Crippen LogP contribution in [0.4, 0.5) is 0 Å². The van der Waals surface area contributed by atoms with Gasteiger partial charge >= 0.3 is 5.97 Å². The molecule has 1 aliphatic rings. The fourth-order valence-corrected chi connectivity index (χ4v) is 2.83. The van der Waals surface area contributed by atoms with Gasteiger partial charge in [0.1, 0.15) is 5.54 Å². The molecule has 0 radical (unpaired) electrons. The lowest BCUT2D eigenvalue weighted by Gasteiger charge is -2.33. The molecule has 0 amide bonds. The van der Waals surface area contributed by atoms with E-state index in [1.165, 1.54) is 0 Å². The van der Waals surface area contributed by atoms with Gasteiger partial charge in [-0.1, -0.05) is 13.8 Å². The fraction of sp³-hybridized carbons (Fsp3) is 0.933. The van der Waals surface area contributed by atoms with Crippen molar-refractivity contribution in [2.24, 2.45) is 11.8 Å². The predicted octanol–water partition coefficient (Wildman–Crippen LogP) is 1.89. The van der Waals surface area contributed by atoms with Crippen LogP contribution in [0.2, 0.25) is 0 Å². The Morgan fingerprint density at radius 1 is 1.42 bits per heavy atom. The lowest BCUT2D eigenvalue weighted by Crippen LogP contribution is -2.52. The van der Waals surface area contributed by atoms with E-state index in [0.717, 1.165) is 31.3 Å². The van der Waals surface area contributed by atoms with Crippen LogP contribution in [0.3, 0.4) is 0 Å². The fourth-order valence-electron chi connectivity index (χ4n) is 2.83. The summed E-state index contributed by atoms with van der Waals surface area (Å²) < 4.78 is 5.18. The van der Waals surface area contributed by atoms with E-state index < -0.39 is 5.54 Å². The first kappa shape index (κ1) is 16.4. The van der Waals surface area contributed by atoms with E-state index in [9.17, 15) is 4.79 Å². The van der Waals surface area contributed by atoms with E-state index in [-0.39, 0.29) is 5.97 Å². The van der Waals surface area contributed by atoms with Gasteiger partial charge in [-0.2, -0.15) is 0 Å². The number of nitrogens with zero attached hydrogens (tertiary/aromatic N) is 1. The first-order chi connectivity index (χ1) is 8.84. The van der Waals surface area contributed by atoms with Crippen molar-refractivity contribution in [3.8, 4) is 0 Å². The molecule has 0 aromatic rings. The Morgan fingerprint density at radius 3 is 2.37 bits per heavy atom. The SMILES string of the molecule is CCOC(=O)C(C)(CC(C)N1CC(C)C(C)C1)NC. The summed E-state index contributed by atoms with van der Waals surface area (Å²) >= 11 is 0. The summed E-state index contributed by atoms with van der Waals surface area (Å²) in [6.07, 6.45) is 0.780. The molecule has 112 valence electrons. The summed E-state index contributed by atoms with van der Waals surface area (Å²) in [5.41, 5.74) is -0.593. The molecule has 1 heterocycles. The van der Waals surface area contributed by atoms with Crippen LogP contribution < -0.4 is 5.32 Å². The van der Waals surface area contributed by atoms with Crippen LogP contribution in [0.5, 0.6) is 0 Å². The third-order valence-corrected chi connectivity index (χ3v) is 4.62. The van der Waals surface area contributed by atoms with Crippen molar-refractivity contribution in [3.63, 3.8) is 0 Å². The zero-order valence-electron chi connectivity index (χ0n) is 13.3. The van der Waals surface area contributed by atoms with Gasteiger partial charge in [0, 0.05) is 19.1 Å². The van der Waals surface area contributed by atoms with Gasteiger partial charge in [-0.15, -0.1) is 0 Å². The van der Waals surface area contributed by atoms with E-state index in [0.29, 0.717) is 12.6 Å². The number of carbonyl (C=O) groups is 1. The number of hydrogen-bond acceptors (Lipinski definition) is 4. The zero-order valence-corrected chi connectivity index (χ0v) is 13.3. The highest BCUT2D eigenvalue weighted by Crippen LogP contribution is 2.27. The molecule has 1 saturated heterocycles. The van der Waals surface area contributed by atoms with Crippen molar-refractivity contribution in [3.05, 3.63) is 0 Å². The van der Waals surface area contributed by atoms with Crippen LogP contribution in [0.15, 0.2) is 0 Å². The van der Waals surface area contributed by atoms with Crippen LogP contribution in [-0.4, -0.2) is 49.2 Å². The second kappa shape index (κ2) is 6.71. The molecule has 1 rings (SSSR count). The summed E-state index contributed by atoms with van der Waals surface area (Å²) in [5.74, 6) is 1.33. The topological polar surface area (TPSA) is 41.6 Å². The Morgan fingerprint density at radius 2 is 1.95 bits per heavy atom. The highest BCUT2D eigenvalue weighted by Gasteiger charge is 2.38. The van der Waals surface area contributed by atoms with E-state index >= 15 is 0 Å². The smallest absolute Gasteiger partial charge is 0.326 e. The van der Waals surface area contributed by atoms with Crippen molar-refractivity contribution < 1.29 is 9.53 Å². The van der Waals surface area contributed by atoms with Crippen LogP contribution in [0, 0.1) is 11.8 Å². The standard InChI is InChI=1S/C15H30N2O2/c1-7-19-14(18)15(5,16-6)8-13(4)17-9-11(2)12(3)10-17/h11-13,16H,7-10H2,1-6H3. The number of rotatable bonds is 6. The van der Waals surface area contributed by atoms with Crippen molar-refractivity contribution >= 4 is 5.97 Å². The van der Waals surface area contributed by atoms with Crippen LogP contribution >= 0.6 is 0 Å². The largest absolute Gasteiger partial charge is 0.465 e. The molecule has 1 aliphatic heterocycles. The lowest BCUT2D eigenvalue weighted by atomic mass is 9.93. The molecule has 0 aliphatic carbocycles. The molecule has 0 aromatic heterocycles. The molecule has 4 unspecified atom stereocenters. The Bertz CT molecular complexity index is 299. The molecule has 0 saturated carbocycles. The highest BCUT2D eigenvalue weighted by atomic mass is 16.5. The number of carbonyl (C=O) groups excluding carboxylic acids is 1. The second-order valence-corrected chi connectivity index (χ2v) is 6.26. The van der Waals surface area contributed by atoms with Gasteiger partial charge in [-0.25, -0.2) is 0 Å². The van der Waals surface area contributed by atoms with Crippen molar-refractivity contribution in [2.75, 3.05) is 26.7 Å². The lowest BCUT2D eigenvalue weighted by molar-refractivity contribution is -0.151. The summed E-state index contributed by atoms with van der Waals surface area (Å²) in [5, 5.41) is 3.14. The molecule has 0 spiro atoms. The predicted molar refractivity (Wildman–Crippen MR) is 78.1 cm³/mol. The van der Waals surface area contributed by atoms with E-state index in [4.69, 9.17) is 4.74 Å². The molecular formula is C15H30N2O2. The minimum Gasteiger partial charge on any atom is -0.465 e. The molecule has 19 heavy (non-hydrogen) atoms. The minimum absolute atomic E-state index is 0.148. The molecular weight excluding hydrogens is 240 g/mol. The van der Waals surface area contributed by atoms with E-state index in [1.54, 1.807) is 0 Å². The normalized spacial score (nSPS) is 28.9. The molecule has 0 aromatic carbocycles. The highest BCUT2D eigenvalue weighted by molar-refractivity contribution is 5.80. The monoisotopic (exact) mass is 270 g/mol. The second-order valence-electron chi connectivity index (χ2n) is 6.26. The molecule has 1 N–H and O–H groups in total. The van der Waals surface area contributed by atoms with E-state index in [1.807, 2.05) is 20.9 Å². The quantitative estimate of drug-likeness (QED) is 0.749. The number of hydrogen-bond donors (Lipinski definition) is 1. The maximum Gasteiger partial charge on any atom is 0.326 e. The molecule has 4 atom stereocenters. The summed E-state index contributed by atoms with van der Waals surface area (Å²) in [4.78, 5) is 14.6. The average Bonchev–Trinajstić information content (AvgIpc) is 2.70. The summed E-state index contributed by atoms with van der Waals surface area (Å²) in [7, 11) is 1.83. The van der Waals surface area contributed by atoms with Gasteiger partial charge in [-0.3, -0.25) is 4.79 Å². The zero-order chi connectivity index (χ0) is 14.6. The van der Waals surface area contributed by atoms with Crippen LogP contribution in [-0.2, 0) is 9.53 Å². The summed E-state index contributed by atoms with van der Waals surface area (Å²) in [6.45, 7) is 13.3. The Kier molecular flexibility index (Phi) is 5.81. The van der Waals surface area contributed by atoms with Gasteiger partial charge in [-0.05, 0) is 46.1 Å². The van der Waals surface area contributed by atoms with Crippen molar-refractivity contribution in [1.82, 2.24) is 10.2 Å². The maximum absolute atomic E-state index is 12.1. The Balaban J connectivity index is 2.63. The maximum atomic E-state index is 12.1. The third-order valence-electron chi connectivity index (χ3n) is 4.62. The van der Waals surface area contributed by atoms with Gasteiger partial charge in [0.05, 0.1) is 6.61 Å². The number of likely N-dealkylation sites (tertiary alicyclic amines) is 1. The Labute approximate surface area is 117 Å². The number of esters is 1. The van der Waals surface area contributed by atoms with Gasteiger partial charge in [0.25, 0.3) is 0 Å². The molecule has 0 bridgehead atoms. The van der Waals surface area contributed by atoms with Crippen molar-refractivity contribution in [2.45, 2.75) is 52.6 Å². The minimum atomic E-state index is -0.593. The molecule has 1 fully saturated rings. The van der Waals surface area contributed by atoms with Crippen LogP contribution in [0.1, 0.15) is 41.0 Å².